The van der Waals surface area contributed by atoms with Gasteiger partial charge in [-0.05, 0) is 47.5 Å². The Bertz CT molecular complexity index is 988. The number of carbonyl (C=O) groups is 1. The number of hydrogen-bond donors (Lipinski definition) is 1. The second-order valence-electron chi connectivity index (χ2n) is 8.88. The number of carbonyl (C=O) groups excluding carboxylic acids is 1. The molecule has 1 N–H and O–H groups in total. The maximum absolute atomic E-state index is 13.2. The lowest BCUT2D eigenvalue weighted by Crippen LogP contribution is -2.33. The van der Waals surface area contributed by atoms with E-state index in [9.17, 15) is 4.79 Å². The average Bonchev–Trinajstić information content (AvgIpc) is 3.39. The van der Waals surface area contributed by atoms with E-state index >= 15 is 0 Å². The van der Waals surface area contributed by atoms with Crippen molar-refractivity contribution in [1.82, 2.24) is 10.3 Å². The van der Waals surface area contributed by atoms with E-state index in [0.717, 1.165) is 28.6 Å². The summed E-state index contributed by atoms with van der Waals surface area (Å²) in [4.78, 5) is 19.1. The highest BCUT2D eigenvalue weighted by Gasteiger charge is 2.22. The highest BCUT2D eigenvalue weighted by molar-refractivity contribution is 7.14. The first-order valence-electron chi connectivity index (χ1n) is 11.9. The fourth-order valence-electron chi connectivity index (χ4n) is 4.52. The Kier molecular flexibility index (Phi) is 8.50. The number of anilines is 1. The third-order valence-corrected chi connectivity index (χ3v) is 7.37. The lowest BCUT2D eigenvalue weighted by molar-refractivity contribution is 0.206. The molecule has 4 rings (SSSR count). The first-order valence-corrected chi connectivity index (χ1v) is 12.8. The van der Waals surface area contributed by atoms with E-state index in [1.165, 1.54) is 43.4 Å². The molecule has 0 spiro atoms. The molecule has 0 bridgehead atoms. The van der Waals surface area contributed by atoms with Crippen molar-refractivity contribution in [3.63, 3.8) is 0 Å². The van der Waals surface area contributed by atoms with Crippen LogP contribution >= 0.6 is 11.3 Å². The molecule has 1 amide bonds. The second-order valence-corrected chi connectivity index (χ2v) is 9.81. The Hall–Kier alpha value is -2.70. The monoisotopic (exact) mass is 463 g/mol. The Labute approximate surface area is 200 Å². The SMILES string of the molecule is CC(CNCc1ccncc1OC(=O)N(Cc1ccccc1)c1cccs1)C1CCCCC1. The molecule has 3 aromatic rings. The predicted molar refractivity (Wildman–Crippen MR) is 135 cm³/mol. The minimum absolute atomic E-state index is 0.397. The van der Waals surface area contributed by atoms with Gasteiger partial charge in [0.1, 0.15) is 5.00 Å². The van der Waals surface area contributed by atoms with Crippen LogP contribution in [0.1, 0.15) is 50.2 Å². The van der Waals surface area contributed by atoms with Crippen molar-refractivity contribution in [3.05, 3.63) is 77.4 Å². The summed E-state index contributed by atoms with van der Waals surface area (Å²) in [5.41, 5.74) is 1.99. The van der Waals surface area contributed by atoms with Gasteiger partial charge in [0.15, 0.2) is 5.75 Å². The van der Waals surface area contributed by atoms with E-state index in [0.29, 0.717) is 24.8 Å². The predicted octanol–water partition coefficient (Wildman–Crippen LogP) is 6.65. The third kappa shape index (κ3) is 6.65. The van der Waals surface area contributed by atoms with Crippen LogP contribution < -0.4 is 15.0 Å². The maximum atomic E-state index is 13.2. The normalized spacial score (nSPS) is 15.2. The van der Waals surface area contributed by atoms with Crippen LogP contribution in [0.5, 0.6) is 5.75 Å². The summed E-state index contributed by atoms with van der Waals surface area (Å²) >= 11 is 1.52. The van der Waals surface area contributed by atoms with Gasteiger partial charge in [0.25, 0.3) is 0 Å². The Balaban J connectivity index is 1.39. The largest absolute Gasteiger partial charge is 0.420 e. The van der Waals surface area contributed by atoms with Crippen LogP contribution in [0, 0.1) is 11.8 Å². The highest BCUT2D eigenvalue weighted by Crippen LogP contribution is 2.30. The quantitative estimate of drug-likeness (QED) is 0.386. The minimum atomic E-state index is -0.397. The van der Waals surface area contributed by atoms with Crippen LogP contribution in [0.2, 0.25) is 0 Å². The molecule has 1 unspecified atom stereocenters. The summed E-state index contributed by atoms with van der Waals surface area (Å²) in [6, 6.07) is 15.8. The van der Waals surface area contributed by atoms with Crippen molar-refractivity contribution in [2.75, 3.05) is 11.4 Å². The van der Waals surface area contributed by atoms with Crippen molar-refractivity contribution in [1.29, 1.82) is 0 Å². The lowest BCUT2D eigenvalue weighted by Gasteiger charge is -2.28. The lowest BCUT2D eigenvalue weighted by atomic mass is 9.81. The first kappa shape index (κ1) is 23.5. The van der Waals surface area contributed by atoms with Gasteiger partial charge in [-0.25, -0.2) is 4.79 Å². The van der Waals surface area contributed by atoms with Gasteiger partial charge in [-0.15, -0.1) is 11.3 Å². The second kappa shape index (κ2) is 12.0. The summed E-state index contributed by atoms with van der Waals surface area (Å²) in [6.45, 7) is 4.42. The fraction of sp³-hybridized carbons (Fsp3) is 0.407. The number of amides is 1. The summed E-state index contributed by atoms with van der Waals surface area (Å²) in [6.07, 6.45) is 9.80. The van der Waals surface area contributed by atoms with Crippen molar-refractivity contribution in [3.8, 4) is 5.75 Å². The number of pyridine rings is 1. The summed E-state index contributed by atoms with van der Waals surface area (Å²) < 4.78 is 5.87. The van der Waals surface area contributed by atoms with E-state index in [4.69, 9.17) is 4.74 Å². The molecular formula is C27H33N3O2S. The molecule has 33 heavy (non-hydrogen) atoms. The van der Waals surface area contributed by atoms with Gasteiger partial charge < -0.3 is 10.1 Å². The van der Waals surface area contributed by atoms with Crippen LogP contribution in [0.15, 0.2) is 66.3 Å². The molecule has 1 aliphatic rings. The van der Waals surface area contributed by atoms with Crippen LogP contribution in [0.3, 0.4) is 0 Å². The molecule has 0 radical (unpaired) electrons. The zero-order chi connectivity index (χ0) is 22.9. The highest BCUT2D eigenvalue weighted by atomic mass is 32.1. The molecule has 6 heteroatoms. The fourth-order valence-corrected chi connectivity index (χ4v) is 5.24. The van der Waals surface area contributed by atoms with Gasteiger partial charge >= 0.3 is 6.09 Å². The van der Waals surface area contributed by atoms with Gasteiger partial charge in [0, 0.05) is 18.3 Å². The van der Waals surface area contributed by atoms with E-state index in [1.54, 1.807) is 17.3 Å². The number of benzene rings is 1. The van der Waals surface area contributed by atoms with Crippen LogP contribution in [0.25, 0.3) is 0 Å². The molecule has 2 heterocycles. The van der Waals surface area contributed by atoms with Crippen molar-refractivity contribution in [2.45, 2.75) is 52.1 Å². The molecule has 0 aliphatic heterocycles. The van der Waals surface area contributed by atoms with Gasteiger partial charge in [-0.1, -0.05) is 69.4 Å². The zero-order valence-corrected chi connectivity index (χ0v) is 20.1. The third-order valence-electron chi connectivity index (χ3n) is 6.48. The number of aromatic nitrogens is 1. The van der Waals surface area contributed by atoms with Gasteiger partial charge in [0.05, 0.1) is 12.7 Å². The van der Waals surface area contributed by atoms with Crippen molar-refractivity contribution in [2.24, 2.45) is 11.8 Å². The topological polar surface area (TPSA) is 54.5 Å². The van der Waals surface area contributed by atoms with Gasteiger partial charge in [-0.2, -0.15) is 0 Å². The Morgan fingerprint density at radius 1 is 1.15 bits per heavy atom. The molecule has 0 saturated heterocycles. The Morgan fingerprint density at radius 2 is 1.97 bits per heavy atom. The molecular weight excluding hydrogens is 430 g/mol. The first-order chi connectivity index (χ1) is 16.2. The van der Waals surface area contributed by atoms with E-state index in [1.807, 2.05) is 53.9 Å². The number of thiophene rings is 1. The van der Waals surface area contributed by atoms with Gasteiger partial charge in [-0.3, -0.25) is 9.88 Å². The van der Waals surface area contributed by atoms with E-state index in [-0.39, 0.29) is 0 Å². The molecule has 1 saturated carbocycles. The summed E-state index contributed by atoms with van der Waals surface area (Å²) in [5, 5.41) is 6.40. The van der Waals surface area contributed by atoms with Crippen molar-refractivity contribution >= 4 is 22.4 Å². The van der Waals surface area contributed by atoms with Gasteiger partial charge in [0.2, 0.25) is 0 Å². The van der Waals surface area contributed by atoms with Crippen LogP contribution in [-0.4, -0.2) is 17.6 Å². The van der Waals surface area contributed by atoms with E-state index < -0.39 is 6.09 Å². The molecule has 5 nitrogen and oxygen atoms in total. The molecule has 1 aromatic carbocycles. The number of ether oxygens (including phenoxy) is 1. The molecule has 2 aromatic heterocycles. The summed E-state index contributed by atoms with van der Waals surface area (Å²) in [7, 11) is 0. The Morgan fingerprint density at radius 3 is 2.73 bits per heavy atom. The molecule has 1 fully saturated rings. The number of nitrogens with one attached hydrogen (secondary N) is 1. The maximum Gasteiger partial charge on any atom is 0.420 e. The smallest absolute Gasteiger partial charge is 0.408 e. The zero-order valence-electron chi connectivity index (χ0n) is 19.3. The minimum Gasteiger partial charge on any atom is -0.408 e. The standard InChI is InChI=1S/C27H33N3O2S/c1-21(23-11-6-3-7-12-23)17-29-18-24-14-15-28-19-25(24)32-27(31)30(26-13-8-16-33-26)20-22-9-4-2-5-10-22/h2,4-5,8-10,13-16,19,21,23,29H,3,6-7,11-12,17-18,20H2,1H3. The van der Waals surface area contributed by atoms with Crippen LogP contribution in [0.4, 0.5) is 9.80 Å². The number of nitrogens with zero attached hydrogens (tertiary/aromatic N) is 2. The summed E-state index contributed by atoms with van der Waals surface area (Å²) in [5.74, 6) is 1.98. The number of rotatable bonds is 9. The average molecular weight is 464 g/mol. The molecule has 1 atom stereocenters. The molecule has 1 aliphatic carbocycles. The number of hydrogen-bond acceptors (Lipinski definition) is 5. The van der Waals surface area contributed by atoms with Crippen molar-refractivity contribution < 1.29 is 9.53 Å². The van der Waals surface area contributed by atoms with E-state index in [2.05, 4.69) is 17.2 Å². The van der Waals surface area contributed by atoms with Crippen LogP contribution in [-0.2, 0) is 13.1 Å². The molecule has 174 valence electrons.